The first-order valence-corrected chi connectivity index (χ1v) is 6.45. The fourth-order valence-corrected chi connectivity index (χ4v) is 2.18. The fraction of sp³-hybridized carbons (Fsp3) is 0.0588. The summed E-state index contributed by atoms with van der Waals surface area (Å²) in [7, 11) is 0. The van der Waals surface area contributed by atoms with Gasteiger partial charge in [0.25, 0.3) is 0 Å². The summed E-state index contributed by atoms with van der Waals surface area (Å²) in [5.74, 6) is -0.0647. The van der Waals surface area contributed by atoms with Crippen LogP contribution in [0.2, 0.25) is 0 Å². The third kappa shape index (κ3) is 2.52. The molecule has 3 aromatic rings. The first-order valence-electron chi connectivity index (χ1n) is 6.45. The summed E-state index contributed by atoms with van der Waals surface area (Å²) in [6.07, 6.45) is 1.87. The van der Waals surface area contributed by atoms with Gasteiger partial charge < -0.3 is 5.32 Å². The summed E-state index contributed by atoms with van der Waals surface area (Å²) in [6.45, 7) is 1.50. The van der Waals surface area contributed by atoms with Crippen LogP contribution < -0.4 is 5.32 Å². The number of carbonyl (C=O) groups is 1. The van der Waals surface area contributed by atoms with Gasteiger partial charge in [-0.05, 0) is 29.8 Å². The monoisotopic (exact) mass is 262 g/mol. The van der Waals surface area contributed by atoms with Crippen LogP contribution in [0.15, 0.2) is 60.8 Å². The Morgan fingerprint density at radius 2 is 1.75 bits per heavy atom. The van der Waals surface area contributed by atoms with Crippen molar-refractivity contribution in [3.05, 3.63) is 60.8 Å². The minimum Gasteiger partial charge on any atom is -0.326 e. The molecule has 2 aromatic carbocycles. The van der Waals surface area contributed by atoms with Gasteiger partial charge in [-0.2, -0.15) is 0 Å². The molecule has 1 aromatic heterocycles. The summed E-state index contributed by atoms with van der Waals surface area (Å²) in [4.78, 5) is 15.5. The van der Waals surface area contributed by atoms with E-state index in [1.54, 1.807) is 0 Å². The molecule has 0 spiro atoms. The summed E-state index contributed by atoms with van der Waals surface area (Å²) in [5.41, 5.74) is 3.94. The highest BCUT2D eigenvalue weighted by Crippen LogP contribution is 2.24. The molecular formula is C17H14N2O. The first-order chi connectivity index (χ1) is 9.72. The summed E-state index contributed by atoms with van der Waals surface area (Å²) < 4.78 is 0. The van der Waals surface area contributed by atoms with Crippen molar-refractivity contribution >= 4 is 22.5 Å². The van der Waals surface area contributed by atoms with Gasteiger partial charge in [0, 0.05) is 29.8 Å². The maximum absolute atomic E-state index is 11.0. The number of carbonyl (C=O) groups excluding carboxylic acids is 1. The second kappa shape index (κ2) is 5.13. The van der Waals surface area contributed by atoms with Gasteiger partial charge in [0.05, 0.1) is 5.52 Å². The van der Waals surface area contributed by atoms with E-state index in [1.165, 1.54) is 6.92 Å². The summed E-state index contributed by atoms with van der Waals surface area (Å²) in [6, 6.07) is 17.9. The number of fused-ring (bicyclic) bond motifs is 1. The zero-order valence-electron chi connectivity index (χ0n) is 11.1. The maximum atomic E-state index is 11.0. The lowest BCUT2D eigenvalue weighted by molar-refractivity contribution is -0.114. The lowest BCUT2D eigenvalue weighted by Crippen LogP contribution is -2.05. The molecule has 1 amide bonds. The van der Waals surface area contributed by atoms with Crippen molar-refractivity contribution in [3.8, 4) is 11.1 Å². The minimum atomic E-state index is -0.0647. The number of hydrogen-bond acceptors (Lipinski definition) is 2. The van der Waals surface area contributed by atoms with Gasteiger partial charge in [-0.1, -0.05) is 30.3 Å². The standard InChI is InChI=1S/C17H14N2O/c1-12(20)19-16-8-6-13(7-9-16)15-10-14-4-2-3-5-17(14)18-11-15/h2-11H,1H3,(H,19,20). The van der Waals surface area contributed by atoms with E-state index in [1.807, 2.05) is 48.7 Å². The Bertz CT molecular complexity index is 763. The van der Waals surface area contributed by atoms with Crippen molar-refractivity contribution in [2.24, 2.45) is 0 Å². The fourth-order valence-electron chi connectivity index (χ4n) is 2.18. The average molecular weight is 262 g/mol. The van der Waals surface area contributed by atoms with Crippen LogP contribution in [0.1, 0.15) is 6.92 Å². The lowest BCUT2D eigenvalue weighted by Gasteiger charge is -2.06. The minimum absolute atomic E-state index is 0.0647. The number of benzene rings is 2. The van der Waals surface area contributed by atoms with Crippen molar-refractivity contribution in [2.75, 3.05) is 5.32 Å². The lowest BCUT2D eigenvalue weighted by atomic mass is 10.1. The SMILES string of the molecule is CC(=O)Nc1ccc(-c2cnc3ccccc3c2)cc1. The molecule has 3 heteroatoms. The molecule has 0 bridgehead atoms. The smallest absolute Gasteiger partial charge is 0.221 e. The predicted molar refractivity (Wildman–Crippen MR) is 81.5 cm³/mol. The van der Waals surface area contributed by atoms with E-state index in [0.29, 0.717) is 0 Å². The highest BCUT2D eigenvalue weighted by molar-refractivity contribution is 5.89. The van der Waals surface area contributed by atoms with E-state index in [2.05, 4.69) is 22.4 Å². The molecule has 0 fully saturated rings. The molecule has 1 N–H and O–H groups in total. The molecule has 0 unspecified atom stereocenters. The van der Waals surface area contributed by atoms with Gasteiger partial charge >= 0.3 is 0 Å². The van der Waals surface area contributed by atoms with E-state index in [0.717, 1.165) is 27.7 Å². The predicted octanol–water partition coefficient (Wildman–Crippen LogP) is 3.86. The molecule has 20 heavy (non-hydrogen) atoms. The Morgan fingerprint density at radius 1 is 1.00 bits per heavy atom. The Balaban J connectivity index is 1.96. The quantitative estimate of drug-likeness (QED) is 0.762. The molecular weight excluding hydrogens is 248 g/mol. The molecule has 98 valence electrons. The number of nitrogens with zero attached hydrogens (tertiary/aromatic N) is 1. The number of amides is 1. The van der Waals surface area contributed by atoms with Crippen LogP contribution in [0.25, 0.3) is 22.0 Å². The second-order valence-corrected chi connectivity index (χ2v) is 4.68. The number of para-hydroxylation sites is 1. The summed E-state index contributed by atoms with van der Waals surface area (Å²) in [5, 5.41) is 3.88. The van der Waals surface area contributed by atoms with Crippen LogP contribution >= 0.6 is 0 Å². The number of aromatic nitrogens is 1. The van der Waals surface area contributed by atoms with Crippen LogP contribution in [0.4, 0.5) is 5.69 Å². The van der Waals surface area contributed by atoms with Crippen molar-refractivity contribution in [1.82, 2.24) is 4.98 Å². The largest absolute Gasteiger partial charge is 0.326 e. The van der Waals surface area contributed by atoms with E-state index < -0.39 is 0 Å². The number of nitrogens with one attached hydrogen (secondary N) is 1. The Labute approximate surface area is 117 Å². The van der Waals surface area contributed by atoms with Crippen molar-refractivity contribution in [3.63, 3.8) is 0 Å². The van der Waals surface area contributed by atoms with Gasteiger partial charge in [0.1, 0.15) is 0 Å². The zero-order chi connectivity index (χ0) is 13.9. The van der Waals surface area contributed by atoms with Crippen LogP contribution in [0.5, 0.6) is 0 Å². The number of hydrogen-bond donors (Lipinski definition) is 1. The van der Waals surface area contributed by atoms with Crippen LogP contribution in [-0.4, -0.2) is 10.9 Å². The van der Waals surface area contributed by atoms with Gasteiger partial charge in [0.2, 0.25) is 5.91 Å². The van der Waals surface area contributed by atoms with E-state index >= 15 is 0 Å². The molecule has 3 rings (SSSR count). The molecule has 0 radical (unpaired) electrons. The molecule has 0 saturated heterocycles. The molecule has 0 aliphatic rings. The van der Waals surface area contributed by atoms with E-state index in [-0.39, 0.29) is 5.91 Å². The molecule has 0 atom stereocenters. The van der Waals surface area contributed by atoms with E-state index in [9.17, 15) is 4.79 Å². The first kappa shape index (κ1) is 12.4. The summed E-state index contributed by atoms with van der Waals surface area (Å²) >= 11 is 0. The topological polar surface area (TPSA) is 42.0 Å². The van der Waals surface area contributed by atoms with Gasteiger partial charge in [-0.25, -0.2) is 0 Å². The molecule has 0 saturated carbocycles. The molecule has 3 nitrogen and oxygen atoms in total. The van der Waals surface area contributed by atoms with Crippen molar-refractivity contribution < 1.29 is 4.79 Å². The Hall–Kier alpha value is -2.68. The number of pyridine rings is 1. The van der Waals surface area contributed by atoms with Crippen LogP contribution in [-0.2, 0) is 4.79 Å². The molecule has 0 aliphatic heterocycles. The second-order valence-electron chi connectivity index (χ2n) is 4.68. The van der Waals surface area contributed by atoms with Crippen molar-refractivity contribution in [2.45, 2.75) is 6.92 Å². The van der Waals surface area contributed by atoms with Gasteiger partial charge in [0.15, 0.2) is 0 Å². The maximum Gasteiger partial charge on any atom is 0.221 e. The average Bonchev–Trinajstić information content (AvgIpc) is 2.47. The van der Waals surface area contributed by atoms with Crippen LogP contribution in [0, 0.1) is 0 Å². The van der Waals surface area contributed by atoms with Crippen molar-refractivity contribution in [1.29, 1.82) is 0 Å². The van der Waals surface area contributed by atoms with Gasteiger partial charge in [-0.15, -0.1) is 0 Å². The third-order valence-electron chi connectivity index (χ3n) is 3.13. The Morgan fingerprint density at radius 3 is 2.50 bits per heavy atom. The normalized spacial score (nSPS) is 10.4. The Kier molecular flexibility index (Phi) is 3.17. The molecule has 1 heterocycles. The number of rotatable bonds is 2. The highest BCUT2D eigenvalue weighted by atomic mass is 16.1. The zero-order valence-corrected chi connectivity index (χ0v) is 11.1. The highest BCUT2D eigenvalue weighted by Gasteiger charge is 2.01. The van der Waals surface area contributed by atoms with Gasteiger partial charge in [-0.3, -0.25) is 9.78 Å². The molecule has 0 aliphatic carbocycles. The van der Waals surface area contributed by atoms with E-state index in [4.69, 9.17) is 0 Å². The number of anilines is 1. The van der Waals surface area contributed by atoms with Crippen LogP contribution in [0.3, 0.4) is 0 Å². The third-order valence-corrected chi connectivity index (χ3v) is 3.13.